The molecule has 0 aliphatic heterocycles. The number of nitrogens with two attached hydrogens (primary N) is 1. The summed E-state index contributed by atoms with van der Waals surface area (Å²) < 4.78 is 0. The highest BCUT2D eigenvalue weighted by Crippen LogP contribution is 2.20. The van der Waals surface area contributed by atoms with Crippen LogP contribution in [0.15, 0.2) is 53.7 Å². The number of benzene rings is 2. The highest BCUT2D eigenvalue weighted by Gasteiger charge is 2.08. The number of amidine groups is 1. The first-order valence-electron chi connectivity index (χ1n) is 7.48. The Morgan fingerprint density at radius 2 is 1.81 bits per heavy atom. The van der Waals surface area contributed by atoms with Gasteiger partial charge < -0.3 is 21.2 Å². The first-order valence-corrected chi connectivity index (χ1v) is 8.24. The number of anilines is 2. The van der Waals surface area contributed by atoms with Gasteiger partial charge in [0.05, 0.1) is 17.1 Å². The minimum Gasteiger partial charge on any atom is -0.384 e. The Labute approximate surface area is 160 Å². The van der Waals surface area contributed by atoms with Crippen molar-refractivity contribution in [2.24, 2.45) is 10.9 Å². The van der Waals surface area contributed by atoms with E-state index in [0.29, 0.717) is 21.4 Å². The SMILES string of the molecule is N/C(CC(=O)Nc1ccccc1Cl)=N/OCC(=O)Nc1cccc(Cl)c1. The van der Waals surface area contributed by atoms with Crippen molar-refractivity contribution in [2.75, 3.05) is 17.2 Å². The van der Waals surface area contributed by atoms with Crippen molar-refractivity contribution in [1.29, 1.82) is 0 Å². The number of para-hydroxylation sites is 1. The summed E-state index contributed by atoms with van der Waals surface area (Å²) in [5.74, 6) is -0.930. The van der Waals surface area contributed by atoms with Crippen LogP contribution >= 0.6 is 23.2 Å². The van der Waals surface area contributed by atoms with E-state index >= 15 is 0 Å². The summed E-state index contributed by atoms with van der Waals surface area (Å²) in [6, 6.07) is 13.5. The first-order chi connectivity index (χ1) is 12.4. The predicted molar refractivity (Wildman–Crippen MR) is 102 cm³/mol. The Hall–Kier alpha value is -2.77. The smallest absolute Gasteiger partial charge is 0.265 e. The number of hydrogen-bond acceptors (Lipinski definition) is 4. The fraction of sp³-hybridized carbons (Fsp3) is 0.118. The molecular formula is C17H16Cl2N4O3. The second-order valence-electron chi connectivity index (χ2n) is 5.12. The number of oxime groups is 1. The summed E-state index contributed by atoms with van der Waals surface area (Å²) in [5.41, 5.74) is 6.60. The molecule has 7 nitrogen and oxygen atoms in total. The second-order valence-corrected chi connectivity index (χ2v) is 5.96. The topological polar surface area (TPSA) is 106 Å². The van der Waals surface area contributed by atoms with Gasteiger partial charge in [0, 0.05) is 10.7 Å². The molecule has 4 N–H and O–H groups in total. The van der Waals surface area contributed by atoms with Crippen molar-refractivity contribution in [3.63, 3.8) is 0 Å². The van der Waals surface area contributed by atoms with Crippen molar-refractivity contribution in [3.8, 4) is 0 Å². The molecule has 0 bridgehead atoms. The molecule has 0 saturated heterocycles. The molecule has 136 valence electrons. The van der Waals surface area contributed by atoms with Crippen LogP contribution in [0.5, 0.6) is 0 Å². The molecule has 2 aromatic rings. The van der Waals surface area contributed by atoms with E-state index < -0.39 is 11.8 Å². The quantitative estimate of drug-likeness (QED) is 0.380. The van der Waals surface area contributed by atoms with Gasteiger partial charge in [-0.3, -0.25) is 9.59 Å². The first kappa shape index (κ1) is 19.6. The molecule has 2 aromatic carbocycles. The molecule has 0 saturated carbocycles. The van der Waals surface area contributed by atoms with Crippen LogP contribution < -0.4 is 16.4 Å². The van der Waals surface area contributed by atoms with E-state index in [1.165, 1.54) is 0 Å². The van der Waals surface area contributed by atoms with Crippen LogP contribution in [-0.2, 0) is 14.4 Å². The van der Waals surface area contributed by atoms with Crippen molar-refractivity contribution < 1.29 is 14.4 Å². The summed E-state index contributed by atoms with van der Waals surface area (Å²) in [4.78, 5) is 28.4. The molecular weight excluding hydrogens is 379 g/mol. The highest BCUT2D eigenvalue weighted by molar-refractivity contribution is 6.33. The van der Waals surface area contributed by atoms with Gasteiger partial charge in [-0.1, -0.05) is 46.6 Å². The van der Waals surface area contributed by atoms with Gasteiger partial charge in [0.2, 0.25) is 5.91 Å². The number of hydrogen-bond donors (Lipinski definition) is 3. The average Bonchev–Trinajstić information content (AvgIpc) is 2.57. The maximum Gasteiger partial charge on any atom is 0.265 e. The van der Waals surface area contributed by atoms with Crippen molar-refractivity contribution in [1.82, 2.24) is 0 Å². The average molecular weight is 395 g/mol. The van der Waals surface area contributed by atoms with Crippen molar-refractivity contribution >= 4 is 52.2 Å². The van der Waals surface area contributed by atoms with Gasteiger partial charge in [0.1, 0.15) is 5.84 Å². The van der Waals surface area contributed by atoms with E-state index in [4.69, 9.17) is 33.8 Å². The number of rotatable bonds is 7. The summed E-state index contributed by atoms with van der Waals surface area (Å²) in [6.07, 6.45) is -0.207. The number of nitrogens with one attached hydrogen (secondary N) is 2. The maximum atomic E-state index is 11.9. The molecule has 0 aliphatic carbocycles. The summed E-state index contributed by atoms with van der Waals surface area (Å²) in [6.45, 7) is -0.362. The van der Waals surface area contributed by atoms with E-state index in [9.17, 15) is 9.59 Å². The largest absolute Gasteiger partial charge is 0.384 e. The molecule has 0 unspecified atom stereocenters. The van der Waals surface area contributed by atoms with Crippen LogP contribution in [0.3, 0.4) is 0 Å². The standard InChI is InChI=1S/C17H16Cl2N4O3/c18-11-4-3-5-12(8-11)21-17(25)10-26-23-15(20)9-16(24)22-14-7-2-1-6-13(14)19/h1-8H,9-10H2,(H2,20,23)(H,21,25)(H,22,24). The van der Waals surface area contributed by atoms with E-state index in [1.54, 1.807) is 48.5 Å². The Balaban J connectivity index is 1.76. The maximum absolute atomic E-state index is 11.9. The zero-order valence-corrected chi connectivity index (χ0v) is 15.1. The number of carbonyl (C=O) groups excluding carboxylic acids is 2. The predicted octanol–water partition coefficient (Wildman–Crippen LogP) is 3.25. The monoisotopic (exact) mass is 394 g/mol. The van der Waals surface area contributed by atoms with Gasteiger partial charge in [-0.25, -0.2) is 0 Å². The Morgan fingerprint density at radius 3 is 2.54 bits per heavy atom. The molecule has 2 rings (SSSR count). The summed E-state index contributed by atoms with van der Waals surface area (Å²) in [7, 11) is 0. The van der Waals surface area contributed by atoms with Crippen LogP contribution in [0.25, 0.3) is 0 Å². The number of halogens is 2. The number of carbonyl (C=O) groups is 2. The molecule has 26 heavy (non-hydrogen) atoms. The molecule has 2 amide bonds. The zero-order valence-electron chi connectivity index (χ0n) is 13.5. The molecule has 0 spiro atoms. The van der Waals surface area contributed by atoms with Gasteiger partial charge >= 0.3 is 0 Å². The molecule has 0 atom stereocenters. The molecule has 9 heteroatoms. The van der Waals surface area contributed by atoms with Crippen molar-refractivity contribution in [2.45, 2.75) is 6.42 Å². The lowest BCUT2D eigenvalue weighted by atomic mass is 10.3. The van der Waals surface area contributed by atoms with E-state index in [1.807, 2.05) is 0 Å². The Morgan fingerprint density at radius 1 is 1.04 bits per heavy atom. The van der Waals surface area contributed by atoms with Gasteiger partial charge in [-0.05, 0) is 30.3 Å². The third-order valence-corrected chi connectivity index (χ3v) is 3.54. The zero-order chi connectivity index (χ0) is 18.9. The lowest BCUT2D eigenvalue weighted by Crippen LogP contribution is -2.23. The van der Waals surface area contributed by atoms with Crippen LogP contribution in [-0.4, -0.2) is 24.3 Å². The normalized spacial score (nSPS) is 10.9. The Kier molecular flexibility index (Phi) is 7.25. The molecule has 0 heterocycles. The highest BCUT2D eigenvalue weighted by atomic mass is 35.5. The fourth-order valence-electron chi connectivity index (χ4n) is 1.89. The Bertz CT molecular complexity index is 827. The van der Waals surface area contributed by atoms with Crippen LogP contribution in [0.4, 0.5) is 11.4 Å². The third kappa shape index (κ3) is 6.62. The van der Waals surface area contributed by atoms with E-state index in [0.717, 1.165) is 0 Å². The minimum absolute atomic E-state index is 0.0786. The number of nitrogens with zero attached hydrogens (tertiary/aromatic N) is 1. The second kappa shape index (κ2) is 9.65. The molecule has 0 radical (unpaired) electrons. The van der Waals surface area contributed by atoms with Gasteiger partial charge in [-0.2, -0.15) is 0 Å². The summed E-state index contributed by atoms with van der Waals surface area (Å²) in [5, 5.41) is 9.63. The molecule has 0 aromatic heterocycles. The van der Waals surface area contributed by atoms with Gasteiger partial charge in [-0.15, -0.1) is 0 Å². The van der Waals surface area contributed by atoms with Gasteiger partial charge in [0.25, 0.3) is 5.91 Å². The van der Waals surface area contributed by atoms with Crippen molar-refractivity contribution in [3.05, 3.63) is 58.6 Å². The van der Waals surface area contributed by atoms with Crippen LogP contribution in [0.2, 0.25) is 10.0 Å². The van der Waals surface area contributed by atoms with E-state index in [2.05, 4.69) is 15.8 Å². The molecule has 0 aliphatic rings. The van der Waals surface area contributed by atoms with Crippen LogP contribution in [0.1, 0.15) is 6.42 Å². The lowest BCUT2D eigenvalue weighted by Gasteiger charge is -2.07. The summed E-state index contributed by atoms with van der Waals surface area (Å²) >= 11 is 11.8. The van der Waals surface area contributed by atoms with E-state index in [-0.39, 0.29) is 18.9 Å². The lowest BCUT2D eigenvalue weighted by molar-refractivity contribution is -0.120. The minimum atomic E-state index is -0.440. The molecule has 0 fully saturated rings. The van der Waals surface area contributed by atoms with Gasteiger partial charge in [0.15, 0.2) is 6.61 Å². The van der Waals surface area contributed by atoms with Crippen LogP contribution in [0, 0.1) is 0 Å². The third-order valence-electron chi connectivity index (χ3n) is 2.98. The fourth-order valence-corrected chi connectivity index (χ4v) is 2.26. The number of amides is 2.